The molecule has 2 aromatic heterocycles. The molecule has 0 bridgehead atoms. The molecule has 0 radical (unpaired) electrons. The summed E-state index contributed by atoms with van der Waals surface area (Å²) in [5.74, 6) is 0. The summed E-state index contributed by atoms with van der Waals surface area (Å²) in [7, 11) is 2.11. The second-order valence-electron chi connectivity index (χ2n) is 5.00. The number of hydrogen-bond donors (Lipinski definition) is 0. The fraction of sp³-hybridized carbons (Fsp3) is 0.0556. The van der Waals surface area contributed by atoms with Gasteiger partial charge in [0.2, 0.25) is 0 Å². The quantitative estimate of drug-likeness (QED) is 0.495. The van der Waals surface area contributed by atoms with Crippen molar-refractivity contribution >= 4 is 21.8 Å². The predicted octanol–water partition coefficient (Wildman–Crippen LogP) is 4.39. The highest BCUT2D eigenvalue weighted by Gasteiger charge is 2.13. The molecule has 0 N–H and O–H groups in total. The van der Waals surface area contributed by atoms with Crippen molar-refractivity contribution in [3.8, 4) is 11.3 Å². The number of pyridine rings is 1. The fourth-order valence-corrected chi connectivity index (χ4v) is 2.92. The lowest BCUT2D eigenvalue weighted by molar-refractivity contribution is 1.01. The van der Waals surface area contributed by atoms with Crippen LogP contribution in [0.2, 0.25) is 0 Å². The number of hydrogen-bond acceptors (Lipinski definition) is 1. The first-order valence-electron chi connectivity index (χ1n) is 6.74. The summed E-state index contributed by atoms with van der Waals surface area (Å²) >= 11 is 0. The van der Waals surface area contributed by atoms with E-state index in [1.165, 1.54) is 21.8 Å². The summed E-state index contributed by atoms with van der Waals surface area (Å²) in [5, 5.41) is 2.49. The van der Waals surface area contributed by atoms with Crippen LogP contribution in [0.5, 0.6) is 0 Å². The Morgan fingerprint density at radius 2 is 1.55 bits per heavy atom. The van der Waals surface area contributed by atoms with E-state index >= 15 is 0 Å². The van der Waals surface area contributed by atoms with Crippen LogP contribution in [0, 0.1) is 0 Å². The third-order valence-corrected chi connectivity index (χ3v) is 3.87. The summed E-state index contributed by atoms with van der Waals surface area (Å²) in [6, 6.07) is 21.0. The molecule has 0 fully saturated rings. The van der Waals surface area contributed by atoms with Crippen molar-refractivity contribution in [3.05, 3.63) is 66.9 Å². The zero-order valence-electron chi connectivity index (χ0n) is 11.2. The first-order valence-corrected chi connectivity index (χ1v) is 6.74. The van der Waals surface area contributed by atoms with E-state index in [0.717, 1.165) is 11.3 Å². The van der Waals surface area contributed by atoms with E-state index in [2.05, 4.69) is 71.2 Å². The molecule has 0 aliphatic carbocycles. The number of fused-ring (bicyclic) bond motifs is 3. The maximum Gasteiger partial charge on any atom is 0.0802 e. The lowest BCUT2D eigenvalue weighted by Crippen LogP contribution is -1.88. The van der Waals surface area contributed by atoms with E-state index in [4.69, 9.17) is 0 Å². The Labute approximate surface area is 117 Å². The van der Waals surface area contributed by atoms with Gasteiger partial charge in [0.15, 0.2) is 0 Å². The second-order valence-corrected chi connectivity index (χ2v) is 5.00. The van der Waals surface area contributed by atoms with Crippen LogP contribution >= 0.6 is 0 Å². The van der Waals surface area contributed by atoms with Gasteiger partial charge in [-0.2, -0.15) is 0 Å². The molecule has 0 unspecified atom stereocenters. The van der Waals surface area contributed by atoms with E-state index in [9.17, 15) is 0 Å². The summed E-state index contributed by atoms with van der Waals surface area (Å²) in [6.45, 7) is 0. The molecule has 4 rings (SSSR count). The Morgan fingerprint density at radius 1 is 0.800 bits per heavy atom. The highest BCUT2D eigenvalue weighted by Crippen LogP contribution is 2.34. The van der Waals surface area contributed by atoms with Crippen LogP contribution < -0.4 is 0 Å². The normalized spacial score (nSPS) is 11.2. The summed E-state index contributed by atoms with van der Waals surface area (Å²) in [4.78, 5) is 4.63. The van der Waals surface area contributed by atoms with E-state index < -0.39 is 0 Å². The average molecular weight is 258 g/mol. The van der Waals surface area contributed by atoms with Gasteiger partial charge in [-0.25, -0.2) is 0 Å². The number of aromatic nitrogens is 2. The minimum Gasteiger partial charge on any atom is -0.343 e. The van der Waals surface area contributed by atoms with E-state index in [0.29, 0.717) is 0 Å². The van der Waals surface area contributed by atoms with Crippen LogP contribution in [-0.2, 0) is 7.05 Å². The molecule has 0 saturated carbocycles. The largest absolute Gasteiger partial charge is 0.343 e. The molecule has 0 saturated heterocycles. The summed E-state index contributed by atoms with van der Waals surface area (Å²) < 4.78 is 2.23. The van der Waals surface area contributed by atoms with Crippen LogP contribution in [-0.4, -0.2) is 9.55 Å². The van der Waals surface area contributed by atoms with Crippen LogP contribution in [0.15, 0.2) is 66.9 Å². The Hall–Kier alpha value is -2.61. The highest BCUT2D eigenvalue weighted by atomic mass is 14.9. The van der Waals surface area contributed by atoms with Crippen LogP contribution in [0.1, 0.15) is 0 Å². The smallest absolute Gasteiger partial charge is 0.0802 e. The highest BCUT2D eigenvalue weighted by molar-refractivity contribution is 6.13. The third kappa shape index (κ3) is 1.48. The van der Waals surface area contributed by atoms with Crippen molar-refractivity contribution in [2.24, 2.45) is 7.05 Å². The summed E-state index contributed by atoms with van der Waals surface area (Å²) in [5.41, 5.74) is 4.68. The molecule has 0 aliphatic rings. The molecule has 4 aromatic rings. The first-order chi connectivity index (χ1) is 9.86. The molecule has 2 heteroatoms. The van der Waals surface area contributed by atoms with E-state index in [-0.39, 0.29) is 0 Å². The minimum atomic E-state index is 1.06. The molecular weight excluding hydrogens is 244 g/mol. The Bertz CT molecular complexity index is 905. The SMILES string of the molecule is Cn1c2ccccc2c2c(-c3ccccc3)nccc21. The predicted molar refractivity (Wildman–Crippen MR) is 83.7 cm³/mol. The first kappa shape index (κ1) is 11.2. The molecule has 2 aromatic carbocycles. The van der Waals surface area contributed by atoms with Gasteiger partial charge in [0.1, 0.15) is 0 Å². The van der Waals surface area contributed by atoms with Crippen molar-refractivity contribution in [3.63, 3.8) is 0 Å². The van der Waals surface area contributed by atoms with Crippen molar-refractivity contribution in [2.45, 2.75) is 0 Å². The standard InChI is InChI=1S/C18H14N2/c1-20-15-10-6-5-9-14(15)17-16(20)11-12-19-18(17)13-7-3-2-4-8-13/h2-12H,1H3. The number of rotatable bonds is 1. The molecule has 0 spiro atoms. The Morgan fingerprint density at radius 3 is 2.40 bits per heavy atom. The average Bonchev–Trinajstić information content (AvgIpc) is 2.82. The van der Waals surface area contributed by atoms with Crippen molar-refractivity contribution < 1.29 is 0 Å². The maximum absolute atomic E-state index is 4.63. The van der Waals surface area contributed by atoms with Crippen LogP contribution in [0.4, 0.5) is 0 Å². The van der Waals surface area contributed by atoms with Gasteiger partial charge in [-0.15, -0.1) is 0 Å². The lowest BCUT2D eigenvalue weighted by atomic mass is 10.1. The molecule has 0 atom stereocenters. The van der Waals surface area contributed by atoms with Crippen LogP contribution in [0.25, 0.3) is 33.1 Å². The summed E-state index contributed by atoms with van der Waals surface area (Å²) in [6.07, 6.45) is 1.89. The third-order valence-electron chi connectivity index (χ3n) is 3.87. The number of benzene rings is 2. The van der Waals surface area contributed by atoms with E-state index in [1.807, 2.05) is 12.3 Å². The van der Waals surface area contributed by atoms with Gasteiger partial charge in [0, 0.05) is 35.1 Å². The van der Waals surface area contributed by atoms with Gasteiger partial charge in [-0.05, 0) is 12.1 Å². The Kier molecular flexibility index (Phi) is 2.36. The molecule has 0 amide bonds. The van der Waals surface area contributed by atoms with Gasteiger partial charge >= 0.3 is 0 Å². The number of aryl methyl sites for hydroxylation is 1. The van der Waals surface area contributed by atoms with Gasteiger partial charge in [-0.1, -0.05) is 48.5 Å². The van der Waals surface area contributed by atoms with Gasteiger partial charge in [0.25, 0.3) is 0 Å². The minimum absolute atomic E-state index is 1.06. The van der Waals surface area contributed by atoms with Crippen LogP contribution in [0.3, 0.4) is 0 Å². The van der Waals surface area contributed by atoms with E-state index in [1.54, 1.807) is 0 Å². The number of para-hydroxylation sites is 1. The van der Waals surface area contributed by atoms with Crippen molar-refractivity contribution in [1.29, 1.82) is 0 Å². The molecule has 20 heavy (non-hydrogen) atoms. The second kappa shape index (κ2) is 4.20. The van der Waals surface area contributed by atoms with Crippen molar-refractivity contribution in [2.75, 3.05) is 0 Å². The molecule has 2 heterocycles. The van der Waals surface area contributed by atoms with Gasteiger partial charge < -0.3 is 4.57 Å². The lowest BCUT2D eigenvalue weighted by Gasteiger charge is -2.03. The Balaban J connectivity index is 2.21. The fourth-order valence-electron chi connectivity index (χ4n) is 2.92. The molecular formula is C18H14N2. The van der Waals surface area contributed by atoms with Gasteiger partial charge in [-0.3, -0.25) is 4.98 Å². The monoisotopic (exact) mass is 258 g/mol. The topological polar surface area (TPSA) is 17.8 Å². The maximum atomic E-state index is 4.63. The number of nitrogens with zero attached hydrogens (tertiary/aromatic N) is 2. The molecule has 96 valence electrons. The molecule has 0 aliphatic heterocycles. The zero-order valence-corrected chi connectivity index (χ0v) is 11.2. The molecule has 2 nitrogen and oxygen atoms in total. The zero-order chi connectivity index (χ0) is 13.5. The van der Waals surface area contributed by atoms with Gasteiger partial charge in [0.05, 0.1) is 11.2 Å². The van der Waals surface area contributed by atoms with Crippen molar-refractivity contribution in [1.82, 2.24) is 9.55 Å².